The third kappa shape index (κ3) is 2.97. The third-order valence-electron chi connectivity index (χ3n) is 4.07. The first-order valence-corrected chi connectivity index (χ1v) is 6.68. The number of hydrogen-bond acceptors (Lipinski definition) is 2. The Labute approximate surface area is 97.8 Å². The van der Waals surface area contributed by atoms with Crippen molar-refractivity contribution in [1.82, 2.24) is 4.90 Å². The molecule has 16 heavy (non-hydrogen) atoms. The molecule has 0 radical (unpaired) electrons. The summed E-state index contributed by atoms with van der Waals surface area (Å²) in [5.41, 5.74) is 0. The molecule has 0 aromatic rings. The minimum absolute atomic E-state index is 0.158. The second kappa shape index (κ2) is 5.67. The quantitative estimate of drug-likeness (QED) is 0.775. The van der Waals surface area contributed by atoms with E-state index >= 15 is 0 Å². The molecular formula is C13H23NO2. The van der Waals surface area contributed by atoms with Crippen LogP contribution in [-0.2, 0) is 4.79 Å². The molecule has 0 aromatic heterocycles. The van der Waals surface area contributed by atoms with E-state index in [1.165, 1.54) is 32.1 Å². The molecule has 1 amide bonds. The van der Waals surface area contributed by atoms with Crippen LogP contribution in [0.1, 0.15) is 44.9 Å². The highest BCUT2D eigenvalue weighted by Gasteiger charge is 2.28. The first-order valence-electron chi connectivity index (χ1n) is 6.68. The Morgan fingerprint density at radius 2 is 2.00 bits per heavy atom. The summed E-state index contributed by atoms with van der Waals surface area (Å²) in [5.74, 6) is 1.36. The molecule has 1 unspecified atom stereocenters. The molecule has 1 heterocycles. The van der Waals surface area contributed by atoms with E-state index in [1.54, 1.807) is 0 Å². The van der Waals surface area contributed by atoms with Crippen LogP contribution in [-0.4, -0.2) is 35.6 Å². The molecule has 0 spiro atoms. The molecule has 92 valence electrons. The van der Waals surface area contributed by atoms with Gasteiger partial charge in [0.1, 0.15) is 0 Å². The molecule has 1 atom stereocenters. The summed E-state index contributed by atoms with van der Waals surface area (Å²) in [6.45, 7) is 1.84. The smallest absolute Gasteiger partial charge is 0.223 e. The lowest BCUT2D eigenvalue weighted by molar-refractivity contribution is -0.127. The topological polar surface area (TPSA) is 40.5 Å². The number of likely N-dealkylation sites (tertiary alicyclic amines) is 1. The van der Waals surface area contributed by atoms with Gasteiger partial charge in [0.05, 0.1) is 0 Å². The van der Waals surface area contributed by atoms with Crippen LogP contribution in [0.15, 0.2) is 0 Å². The van der Waals surface area contributed by atoms with Crippen LogP contribution in [0.25, 0.3) is 0 Å². The lowest BCUT2D eigenvalue weighted by Crippen LogP contribution is -2.26. The maximum Gasteiger partial charge on any atom is 0.223 e. The summed E-state index contributed by atoms with van der Waals surface area (Å²) in [6.07, 6.45) is 8.59. The number of nitrogens with zero attached hydrogens (tertiary/aromatic N) is 1. The van der Waals surface area contributed by atoms with Crippen LogP contribution in [0.3, 0.4) is 0 Å². The van der Waals surface area contributed by atoms with Gasteiger partial charge in [0.25, 0.3) is 0 Å². The Balaban J connectivity index is 1.64. The van der Waals surface area contributed by atoms with Crippen LogP contribution in [0.5, 0.6) is 0 Å². The molecular weight excluding hydrogens is 202 g/mol. The number of aliphatic hydroxyl groups is 1. The van der Waals surface area contributed by atoms with E-state index in [2.05, 4.69) is 0 Å². The zero-order valence-electron chi connectivity index (χ0n) is 10.0. The first kappa shape index (κ1) is 11.9. The summed E-state index contributed by atoms with van der Waals surface area (Å²) in [4.78, 5) is 13.5. The standard InChI is InChI=1S/C13H23NO2/c15-10-12-8-13(16)14(9-12)7-3-6-11-4-1-2-5-11/h11-12,15H,1-10H2. The molecule has 1 saturated carbocycles. The fourth-order valence-electron chi connectivity index (χ4n) is 3.06. The van der Waals surface area contributed by atoms with Gasteiger partial charge < -0.3 is 10.0 Å². The van der Waals surface area contributed by atoms with E-state index in [9.17, 15) is 4.79 Å². The normalized spacial score (nSPS) is 26.9. The number of carbonyl (C=O) groups excluding carboxylic acids is 1. The lowest BCUT2D eigenvalue weighted by Gasteiger charge is -2.17. The highest BCUT2D eigenvalue weighted by Crippen LogP contribution is 2.29. The van der Waals surface area contributed by atoms with Crippen LogP contribution in [0, 0.1) is 11.8 Å². The van der Waals surface area contributed by atoms with E-state index in [0.717, 1.165) is 25.4 Å². The fraction of sp³-hybridized carbons (Fsp3) is 0.923. The summed E-state index contributed by atoms with van der Waals surface area (Å²) in [7, 11) is 0. The van der Waals surface area contributed by atoms with Crippen LogP contribution in [0.2, 0.25) is 0 Å². The van der Waals surface area contributed by atoms with Gasteiger partial charge in [-0.25, -0.2) is 0 Å². The van der Waals surface area contributed by atoms with E-state index in [1.807, 2.05) is 4.90 Å². The molecule has 3 heteroatoms. The molecule has 2 aliphatic rings. The number of carbonyl (C=O) groups is 1. The van der Waals surface area contributed by atoms with Gasteiger partial charge in [0.15, 0.2) is 0 Å². The number of aliphatic hydroxyl groups excluding tert-OH is 1. The maximum atomic E-state index is 11.6. The van der Waals surface area contributed by atoms with Crippen molar-refractivity contribution < 1.29 is 9.90 Å². The number of rotatable bonds is 5. The first-order chi connectivity index (χ1) is 7.79. The predicted molar refractivity (Wildman–Crippen MR) is 63.0 cm³/mol. The largest absolute Gasteiger partial charge is 0.396 e. The van der Waals surface area contributed by atoms with Crippen molar-refractivity contribution >= 4 is 5.91 Å². The van der Waals surface area contributed by atoms with Crippen molar-refractivity contribution in [3.8, 4) is 0 Å². The summed E-state index contributed by atoms with van der Waals surface area (Å²) < 4.78 is 0. The Hall–Kier alpha value is -0.570. The molecule has 1 aliphatic heterocycles. The van der Waals surface area contributed by atoms with Crippen molar-refractivity contribution in [1.29, 1.82) is 0 Å². The molecule has 1 N–H and O–H groups in total. The molecule has 0 bridgehead atoms. The average Bonchev–Trinajstić information content (AvgIpc) is 2.89. The number of hydrogen-bond donors (Lipinski definition) is 1. The predicted octanol–water partition coefficient (Wildman–Crippen LogP) is 1.80. The SMILES string of the molecule is O=C1CC(CO)CN1CCCC1CCCC1. The Morgan fingerprint density at radius 1 is 1.25 bits per heavy atom. The van der Waals surface area contributed by atoms with Gasteiger partial charge in [-0.3, -0.25) is 4.79 Å². The van der Waals surface area contributed by atoms with Crippen molar-refractivity contribution in [2.45, 2.75) is 44.9 Å². The highest BCUT2D eigenvalue weighted by atomic mass is 16.3. The van der Waals surface area contributed by atoms with Gasteiger partial charge in [-0.2, -0.15) is 0 Å². The second-order valence-electron chi connectivity index (χ2n) is 5.39. The summed E-state index contributed by atoms with van der Waals surface area (Å²) >= 11 is 0. The maximum absolute atomic E-state index is 11.6. The highest BCUT2D eigenvalue weighted by molar-refractivity contribution is 5.78. The fourth-order valence-corrected chi connectivity index (χ4v) is 3.06. The minimum atomic E-state index is 0.158. The van der Waals surface area contributed by atoms with Gasteiger partial charge in [-0.05, 0) is 18.8 Å². The van der Waals surface area contributed by atoms with Crippen LogP contribution < -0.4 is 0 Å². The monoisotopic (exact) mass is 225 g/mol. The lowest BCUT2D eigenvalue weighted by atomic mass is 10.0. The Morgan fingerprint density at radius 3 is 2.62 bits per heavy atom. The minimum Gasteiger partial charge on any atom is -0.396 e. The third-order valence-corrected chi connectivity index (χ3v) is 4.07. The second-order valence-corrected chi connectivity index (χ2v) is 5.39. The van der Waals surface area contributed by atoms with Gasteiger partial charge in [-0.1, -0.05) is 25.7 Å². The van der Waals surface area contributed by atoms with Gasteiger partial charge in [-0.15, -0.1) is 0 Å². The number of amides is 1. The molecule has 2 fully saturated rings. The summed E-state index contributed by atoms with van der Waals surface area (Å²) in [6, 6.07) is 0. The molecule has 1 saturated heterocycles. The molecule has 3 nitrogen and oxygen atoms in total. The zero-order valence-corrected chi connectivity index (χ0v) is 10.0. The van der Waals surface area contributed by atoms with Crippen LogP contribution >= 0.6 is 0 Å². The molecule has 1 aliphatic carbocycles. The van der Waals surface area contributed by atoms with Crippen molar-refractivity contribution in [2.75, 3.05) is 19.7 Å². The van der Waals surface area contributed by atoms with E-state index in [4.69, 9.17) is 5.11 Å². The van der Waals surface area contributed by atoms with Crippen LogP contribution in [0.4, 0.5) is 0 Å². The van der Waals surface area contributed by atoms with Crippen molar-refractivity contribution in [2.24, 2.45) is 11.8 Å². The van der Waals surface area contributed by atoms with Gasteiger partial charge >= 0.3 is 0 Å². The van der Waals surface area contributed by atoms with Gasteiger partial charge in [0.2, 0.25) is 5.91 Å². The molecule has 2 rings (SSSR count). The Kier molecular flexibility index (Phi) is 4.22. The Bertz CT molecular complexity index is 236. The average molecular weight is 225 g/mol. The summed E-state index contributed by atoms with van der Waals surface area (Å²) in [5, 5.41) is 9.02. The van der Waals surface area contributed by atoms with E-state index in [-0.39, 0.29) is 18.4 Å². The van der Waals surface area contributed by atoms with Gasteiger partial charge in [0, 0.05) is 32.0 Å². The zero-order chi connectivity index (χ0) is 11.4. The molecule has 0 aromatic carbocycles. The van der Waals surface area contributed by atoms with E-state index in [0.29, 0.717) is 6.42 Å². The van der Waals surface area contributed by atoms with E-state index < -0.39 is 0 Å². The van der Waals surface area contributed by atoms with Crippen molar-refractivity contribution in [3.63, 3.8) is 0 Å². The van der Waals surface area contributed by atoms with Crippen molar-refractivity contribution in [3.05, 3.63) is 0 Å².